The molecule has 1 N–H and O–H groups in total. The van der Waals surface area contributed by atoms with E-state index in [4.69, 9.17) is 4.74 Å². The highest BCUT2D eigenvalue weighted by molar-refractivity contribution is 5.67. The molecule has 2 aliphatic rings. The summed E-state index contributed by atoms with van der Waals surface area (Å²) in [6.07, 6.45) is 6.00. The van der Waals surface area contributed by atoms with Crippen LogP contribution in [0.3, 0.4) is 0 Å². The number of nitrogens with zero attached hydrogens (tertiary/aromatic N) is 2. The molecular weight excluding hydrogens is 328 g/mol. The Morgan fingerprint density at radius 2 is 2.04 bits per heavy atom. The number of fused-ring (bicyclic) bond motifs is 2. The van der Waals surface area contributed by atoms with Crippen LogP contribution in [0.5, 0.6) is 0 Å². The van der Waals surface area contributed by atoms with Gasteiger partial charge in [0.25, 0.3) is 0 Å². The molecule has 136 valence electrons. The van der Waals surface area contributed by atoms with Crippen molar-refractivity contribution >= 4 is 5.97 Å². The summed E-state index contributed by atoms with van der Waals surface area (Å²) in [4.78, 5) is 17.8. The third-order valence-electron chi connectivity index (χ3n) is 5.54. The molecule has 2 aliphatic heterocycles. The van der Waals surface area contributed by atoms with Crippen LogP contribution in [0.4, 0.5) is 0 Å². The molecular formula is C21H24N2O3. The van der Waals surface area contributed by atoms with Crippen molar-refractivity contribution in [3.63, 3.8) is 0 Å². The van der Waals surface area contributed by atoms with Gasteiger partial charge in [-0.1, -0.05) is 30.3 Å². The number of carboxylic acids is 1. The Kier molecular flexibility index (Phi) is 4.74. The maximum Gasteiger partial charge on any atom is 0.305 e. The number of hydrogen-bond acceptors (Lipinski definition) is 4. The molecule has 1 saturated heterocycles. The van der Waals surface area contributed by atoms with Gasteiger partial charge in [0.2, 0.25) is 0 Å². The van der Waals surface area contributed by atoms with Crippen molar-refractivity contribution in [2.45, 2.75) is 43.9 Å². The van der Waals surface area contributed by atoms with E-state index in [2.05, 4.69) is 34.1 Å². The number of likely N-dealkylation sites (tertiary alicyclic amines) is 1. The van der Waals surface area contributed by atoms with Crippen molar-refractivity contribution in [1.82, 2.24) is 9.88 Å². The van der Waals surface area contributed by atoms with E-state index in [0.717, 1.165) is 32.5 Å². The van der Waals surface area contributed by atoms with Crippen molar-refractivity contribution in [3.05, 3.63) is 65.5 Å². The lowest BCUT2D eigenvalue weighted by molar-refractivity contribution is -0.158. The molecule has 1 fully saturated rings. The van der Waals surface area contributed by atoms with Gasteiger partial charge in [-0.05, 0) is 42.0 Å². The largest absolute Gasteiger partial charge is 0.481 e. The summed E-state index contributed by atoms with van der Waals surface area (Å²) in [7, 11) is 0. The lowest BCUT2D eigenvalue weighted by Gasteiger charge is -2.47. The molecule has 0 amide bonds. The van der Waals surface area contributed by atoms with Crippen LogP contribution in [0, 0.1) is 0 Å². The first kappa shape index (κ1) is 17.2. The van der Waals surface area contributed by atoms with Crippen LogP contribution < -0.4 is 0 Å². The lowest BCUT2D eigenvalue weighted by Crippen LogP contribution is -2.49. The van der Waals surface area contributed by atoms with E-state index in [-0.39, 0.29) is 18.1 Å². The molecule has 0 bridgehead atoms. The molecule has 4 rings (SSSR count). The number of benzene rings is 1. The summed E-state index contributed by atoms with van der Waals surface area (Å²) in [5, 5.41) is 9.21. The SMILES string of the molecule is O=C(O)CC1Cc2ccccc2C2(CCN(Cc3cccnc3)CC2)O1. The number of carboxylic acid groups (broad SMARTS) is 1. The smallest absolute Gasteiger partial charge is 0.305 e. The molecule has 5 nitrogen and oxygen atoms in total. The zero-order valence-corrected chi connectivity index (χ0v) is 14.8. The van der Waals surface area contributed by atoms with Gasteiger partial charge in [-0.15, -0.1) is 0 Å². The normalized spacial score (nSPS) is 22.1. The van der Waals surface area contributed by atoms with Crippen molar-refractivity contribution in [2.75, 3.05) is 13.1 Å². The first-order chi connectivity index (χ1) is 12.6. The van der Waals surface area contributed by atoms with Crippen LogP contribution >= 0.6 is 0 Å². The van der Waals surface area contributed by atoms with Gasteiger partial charge < -0.3 is 9.84 Å². The Bertz CT molecular complexity index is 770. The summed E-state index contributed by atoms with van der Waals surface area (Å²) in [5.41, 5.74) is 3.37. The molecule has 26 heavy (non-hydrogen) atoms. The summed E-state index contributed by atoms with van der Waals surface area (Å²) >= 11 is 0. The lowest BCUT2D eigenvalue weighted by atomic mass is 9.78. The fourth-order valence-electron chi connectivity index (χ4n) is 4.33. The van der Waals surface area contributed by atoms with Crippen molar-refractivity contribution in [3.8, 4) is 0 Å². The highest BCUT2D eigenvalue weighted by Crippen LogP contribution is 2.44. The highest BCUT2D eigenvalue weighted by atomic mass is 16.5. The van der Waals surface area contributed by atoms with E-state index >= 15 is 0 Å². The Hall–Kier alpha value is -2.24. The van der Waals surface area contributed by atoms with Gasteiger partial charge in [0, 0.05) is 32.0 Å². The van der Waals surface area contributed by atoms with Crippen molar-refractivity contribution < 1.29 is 14.6 Å². The third-order valence-corrected chi connectivity index (χ3v) is 5.54. The Morgan fingerprint density at radius 3 is 2.77 bits per heavy atom. The second-order valence-corrected chi connectivity index (χ2v) is 7.33. The van der Waals surface area contributed by atoms with Crippen LogP contribution in [0.25, 0.3) is 0 Å². The highest BCUT2D eigenvalue weighted by Gasteiger charge is 2.43. The maximum absolute atomic E-state index is 11.2. The number of rotatable bonds is 4. The standard InChI is InChI=1S/C21H24N2O3/c24-20(25)13-18-12-17-5-1-2-6-19(17)21(26-18)7-10-23(11-8-21)15-16-4-3-9-22-14-16/h1-6,9,14,18H,7-8,10-13,15H2,(H,24,25). The van der Waals surface area contributed by atoms with Gasteiger partial charge in [-0.25, -0.2) is 0 Å². The van der Waals surface area contributed by atoms with E-state index in [9.17, 15) is 9.90 Å². The van der Waals surface area contributed by atoms with E-state index in [1.807, 2.05) is 18.3 Å². The molecule has 1 atom stereocenters. The minimum atomic E-state index is -0.793. The number of carbonyl (C=O) groups is 1. The summed E-state index contributed by atoms with van der Waals surface area (Å²) in [6.45, 7) is 2.76. The second-order valence-electron chi connectivity index (χ2n) is 7.33. The Labute approximate surface area is 153 Å². The predicted octanol–water partition coefficient (Wildman–Crippen LogP) is 2.99. The van der Waals surface area contributed by atoms with Gasteiger partial charge in [-0.2, -0.15) is 0 Å². The quantitative estimate of drug-likeness (QED) is 0.916. The monoisotopic (exact) mass is 352 g/mol. The summed E-state index contributed by atoms with van der Waals surface area (Å²) < 4.78 is 6.43. The first-order valence-electron chi connectivity index (χ1n) is 9.24. The molecule has 1 aromatic carbocycles. The predicted molar refractivity (Wildman–Crippen MR) is 97.7 cm³/mol. The van der Waals surface area contributed by atoms with Gasteiger partial charge in [0.05, 0.1) is 18.1 Å². The second kappa shape index (κ2) is 7.17. The molecule has 1 spiro atoms. The molecule has 1 unspecified atom stereocenters. The number of pyridine rings is 1. The number of hydrogen-bond donors (Lipinski definition) is 1. The topological polar surface area (TPSA) is 62.7 Å². The van der Waals surface area contributed by atoms with Crippen LogP contribution in [-0.2, 0) is 28.1 Å². The van der Waals surface area contributed by atoms with Gasteiger partial charge in [-0.3, -0.25) is 14.7 Å². The average molecular weight is 352 g/mol. The van der Waals surface area contributed by atoms with Crippen LogP contribution in [0.15, 0.2) is 48.8 Å². The maximum atomic E-state index is 11.2. The first-order valence-corrected chi connectivity index (χ1v) is 9.24. The van der Waals surface area contributed by atoms with Crippen LogP contribution in [-0.4, -0.2) is 40.2 Å². The van der Waals surface area contributed by atoms with E-state index < -0.39 is 5.97 Å². The number of aromatic nitrogens is 1. The number of piperidine rings is 1. The zero-order chi connectivity index (χ0) is 18.0. The van der Waals surface area contributed by atoms with E-state index in [1.54, 1.807) is 6.20 Å². The van der Waals surface area contributed by atoms with Gasteiger partial charge >= 0.3 is 5.97 Å². The van der Waals surface area contributed by atoms with Gasteiger partial charge in [0.1, 0.15) is 0 Å². The number of aliphatic carboxylic acids is 1. The Morgan fingerprint density at radius 1 is 1.23 bits per heavy atom. The van der Waals surface area contributed by atoms with E-state index in [0.29, 0.717) is 6.42 Å². The van der Waals surface area contributed by atoms with Crippen molar-refractivity contribution in [2.24, 2.45) is 0 Å². The minimum absolute atomic E-state index is 0.0650. The molecule has 0 radical (unpaired) electrons. The van der Waals surface area contributed by atoms with E-state index in [1.165, 1.54) is 16.7 Å². The molecule has 5 heteroatoms. The molecule has 0 aliphatic carbocycles. The third kappa shape index (κ3) is 3.50. The molecule has 2 aromatic rings. The van der Waals surface area contributed by atoms with Gasteiger partial charge in [0.15, 0.2) is 0 Å². The van der Waals surface area contributed by atoms with Crippen LogP contribution in [0.2, 0.25) is 0 Å². The Balaban J connectivity index is 1.51. The summed E-state index contributed by atoms with van der Waals surface area (Å²) in [5.74, 6) is -0.793. The fraction of sp³-hybridized carbons (Fsp3) is 0.429. The summed E-state index contributed by atoms with van der Waals surface area (Å²) in [6, 6.07) is 12.4. The average Bonchev–Trinajstić information content (AvgIpc) is 2.64. The minimum Gasteiger partial charge on any atom is -0.481 e. The zero-order valence-electron chi connectivity index (χ0n) is 14.8. The number of ether oxygens (including phenoxy) is 1. The molecule has 0 saturated carbocycles. The molecule has 1 aromatic heterocycles. The molecule has 3 heterocycles. The van der Waals surface area contributed by atoms with Crippen molar-refractivity contribution in [1.29, 1.82) is 0 Å². The fourth-order valence-corrected chi connectivity index (χ4v) is 4.33. The van der Waals surface area contributed by atoms with Crippen LogP contribution in [0.1, 0.15) is 36.0 Å².